The largest absolute Gasteiger partial charge is 0.249 e. The zero-order chi connectivity index (χ0) is 5.21. The fourth-order valence-corrected chi connectivity index (χ4v) is 0. The predicted molar refractivity (Wildman–Crippen MR) is 18.5 cm³/mol. The highest BCUT2D eigenvalue weighted by Gasteiger charge is 2.13. The molecule has 0 aromatic heterocycles. The number of hydrogen-bond acceptors (Lipinski definition) is 2. The van der Waals surface area contributed by atoms with Crippen molar-refractivity contribution in [2.75, 3.05) is 0 Å². The second-order valence-corrected chi connectivity index (χ2v) is 1.49. The third-order valence-corrected chi connectivity index (χ3v) is 0.220. The lowest BCUT2D eigenvalue weighted by Crippen LogP contribution is -2.18. The molecule has 6 heavy (non-hydrogen) atoms. The summed E-state index contributed by atoms with van der Waals surface area (Å²) in [6.45, 7) is 2.43. The van der Waals surface area contributed by atoms with E-state index in [1.165, 1.54) is 13.8 Å². The summed E-state index contributed by atoms with van der Waals surface area (Å²) in [5.74, 6) is -1.65. The molecule has 0 aliphatic heterocycles. The Kier molecular flexibility index (Phi) is 1.52. The lowest BCUT2D eigenvalue weighted by molar-refractivity contribution is -0.395. The van der Waals surface area contributed by atoms with Gasteiger partial charge in [-0.05, 0) is 13.8 Å². The van der Waals surface area contributed by atoms with Gasteiger partial charge >= 0.3 is 0 Å². The van der Waals surface area contributed by atoms with Crippen LogP contribution in [0.5, 0.6) is 0 Å². The van der Waals surface area contributed by atoms with E-state index in [0.717, 1.165) is 0 Å². The minimum absolute atomic E-state index is 1.22. The van der Waals surface area contributed by atoms with Crippen LogP contribution in [0.25, 0.3) is 0 Å². The average molecular weight is 91.1 g/mol. The van der Waals surface area contributed by atoms with Gasteiger partial charge in [0.25, 0.3) is 0 Å². The van der Waals surface area contributed by atoms with Crippen LogP contribution in [0, 0.1) is 0 Å². The van der Waals surface area contributed by atoms with Crippen LogP contribution in [0.15, 0.2) is 0 Å². The molecule has 1 N–H and O–H groups in total. The quantitative estimate of drug-likeness (QED) is 0.292. The average Bonchev–Trinajstić information content (AvgIpc) is 1.35. The summed E-state index contributed by atoms with van der Waals surface area (Å²) in [6.07, 6.45) is 0. The third-order valence-electron chi connectivity index (χ3n) is 0.220. The van der Waals surface area contributed by atoms with E-state index in [1.54, 1.807) is 0 Å². The highest BCUT2D eigenvalue weighted by atomic mass is 17.1. The summed E-state index contributed by atoms with van der Waals surface area (Å²) in [4.78, 5) is 3.38. The molecule has 0 bridgehead atoms. The van der Waals surface area contributed by atoms with Gasteiger partial charge in [-0.3, -0.25) is 0 Å². The van der Waals surface area contributed by atoms with E-state index in [4.69, 9.17) is 5.26 Å². The third kappa shape index (κ3) is 3.88. The second kappa shape index (κ2) is 1.55. The molecule has 0 aromatic carbocycles. The van der Waals surface area contributed by atoms with E-state index in [2.05, 4.69) is 4.89 Å². The lowest BCUT2D eigenvalue weighted by Gasteiger charge is -2.05. The Morgan fingerprint density at radius 2 is 1.83 bits per heavy atom. The Labute approximate surface area is 36.1 Å². The first kappa shape index (κ1) is 5.88. The Bertz CT molecular complexity index is 35.8. The van der Waals surface area contributed by atoms with Gasteiger partial charge in [0.2, 0.25) is 5.79 Å². The van der Waals surface area contributed by atoms with Crippen molar-refractivity contribution in [1.29, 1.82) is 0 Å². The van der Waals surface area contributed by atoms with Gasteiger partial charge in [0.05, 0.1) is 0 Å². The smallest absolute Gasteiger partial charge is 0.228 e. The summed E-state index contributed by atoms with van der Waals surface area (Å²) in [5.41, 5.74) is 0. The molecule has 0 rings (SSSR count). The van der Waals surface area contributed by atoms with Crippen molar-refractivity contribution in [2.45, 2.75) is 19.6 Å². The molecule has 0 aromatic rings. The topological polar surface area (TPSA) is 49.4 Å². The maximum Gasteiger partial charge on any atom is 0.228 e. The Morgan fingerprint density at radius 1 is 1.67 bits per heavy atom. The van der Waals surface area contributed by atoms with E-state index in [0.29, 0.717) is 0 Å². The molecule has 0 atom stereocenters. The molecule has 3 heteroatoms. The summed E-state index contributed by atoms with van der Waals surface area (Å²) in [6, 6.07) is 0. The van der Waals surface area contributed by atoms with Crippen molar-refractivity contribution in [3.05, 3.63) is 0 Å². The second-order valence-electron chi connectivity index (χ2n) is 1.49. The first-order chi connectivity index (χ1) is 2.56. The fourth-order valence-electron chi connectivity index (χ4n) is 0. The molecular weight excluding hydrogens is 84.0 g/mol. The molecule has 0 aliphatic rings. The fraction of sp³-hybridized carbons (Fsp3) is 1.00. The van der Waals surface area contributed by atoms with Gasteiger partial charge in [0.1, 0.15) is 0 Å². The highest BCUT2D eigenvalue weighted by molar-refractivity contribution is 4.39. The predicted octanol–water partition coefficient (Wildman–Crippen LogP) is 0.643. The van der Waals surface area contributed by atoms with Crippen LogP contribution in [-0.4, -0.2) is 11.0 Å². The first-order valence-electron chi connectivity index (χ1n) is 1.59. The van der Waals surface area contributed by atoms with E-state index >= 15 is 0 Å². The van der Waals surface area contributed by atoms with Gasteiger partial charge in [0, 0.05) is 0 Å². The Hall–Kier alpha value is -0.120. The van der Waals surface area contributed by atoms with E-state index in [-0.39, 0.29) is 0 Å². The van der Waals surface area contributed by atoms with Crippen molar-refractivity contribution in [3.8, 4) is 0 Å². The van der Waals surface area contributed by atoms with Crippen molar-refractivity contribution < 1.29 is 15.3 Å². The van der Waals surface area contributed by atoms with Gasteiger partial charge in [-0.2, -0.15) is 5.11 Å². The molecule has 0 amide bonds. The van der Waals surface area contributed by atoms with Crippen LogP contribution in [0.2, 0.25) is 0 Å². The molecule has 0 saturated carbocycles. The number of hydrogen-bond donors (Lipinski definition) is 1. The van der Waals surface area contributed by atoms with E-state index in [1.807, 2.05) is 0 Å². The molecule has 0 heterocycles. The van der Waals surface area contributed by atoms with Crippen LogP contribution in [0.1, 0.15) is 13.8 Å². The maximum atomic E-state index is 10.0. The van der Waals surface area contributed by atoms with Crippen molar-refractivity contribution in [2.24, 2.45) is 0 Å². The van der Waals surface area contributed by atoms with Crippen LogP contribution in [-0.2, 0) is 9.99 Å². The molecule has 0 unspecified atom stereocenters. The van der Waals surface area contributed by atoms with Crippen molar-refractivity contribution in [3.63, 3.8) is 0 Å². The minimum atomic E-state index is -1.65. The summed E-state index contributed by atoms with van der Waals surface area (Å²) in [7, 11) is 0. The monoisotopic (exact) mass is 91.0 g/mol. The van der Waals surface area contributed by atoms with Gasteiger partial charge < -0.3 is 0 Å². The zero-order valence-electron chi connectivity index (χ0n) is 3.76. The standard InChI is InChI=1S/C3H7O3/c1-3(2,4)6-5/h5H,1-2H3. The molecule has 0 saturated heterocycles. The van der Waals surface area contributed by atoms with Crippen LogP contribution in [0.4, 0.5) is 0 Å². The molecular formula is C3H7O3. The van der Waals surface area contributed by atoms with E-state index in [9.17, 15) is 5.11 Å². The SMILES string of the molecule is CC(C)([O])OO. The molecule has 0 aliphatic carbocycles. The van der Waals surface area contributed by atoms with Gasteiger partial charge in [-0.15, -0.1) is 0 Å². The lowest BCUT2D eigenvalue weighted by atomic mass is 10.4. The van der Waals surface area contributed by atoms with Gasteiger partial charge in [-0.1, -0.05) is 0 Å². The highest BCUT2D eigenvalue weighted by Crippen LogP contribution is 1.98. The first-order valence-corrected chi connectivity index (χ1v) is 1.59. The Balaban J connectivity index is 3.17. The molecule has 0 spiro atoms. The van der Waals surface area contributed by atoms with Crippen LogP contribution >= 0.6 is 0 Å². The van der Waals surface area contributed by atoms with Gasteiger partial charge in [0.15, 0.2) is 0 Å². The maximum absolute atomic E-state index is 10.0. The summed E-state index contributed by atoms with van der Waals surface area (Å²) in [5, 5.41) is 17.6. The molecule has 37 valence electrons. The molecule has 3 nitrogen and oxygen atoms in total. The zero-order valence-corrected chi connectivity index (χ0v) is 3.76. The molecule has 1 radical (unpaired) electrons. The summed E-state index contributed by atoms with van der Waals surface area (Å²) >= 11 is 0. The Morgan fingerprint density at radius 3 is 1.83 bits per heavy atom. The van der Waals surface area contributed by atoms with E-state index < -0.39 is 5.79 Å². The normalized spacial score (nSPS) is 12.0. The molecule has 0 fully saturated rings. The minimum Gasteiger partial charge on any atom is -0.249 e. The summed E-state index contributed by atoms with van der Waals surface area (Å²) < 4.78 is 0. The van der Waals surface area contributed by atoms with Crippen LogP contribution < -0.4 is 0 Å². The number of rotatable bonds is 1. The van der Waals surface area contributed by atoms with Crippen molar-refractivity contribution in [1.82, 2.24) is 0 Å². The van der Waals surface area contributed by atoms with Gasteiger partial charge in [-0.25, -0.2) is 10.1 Å². The van der Waals surface area contributed by atoms with Crippen LogP contribution in [0.3, 0.4) is 0 Å². The van der Waals surface area contributed by atoms with Crippen molar-refractivity contribution >= 4 is 0 Å².